The lowest BCUT2D eigenvalue weighted by atomic mass is 9.54. The van der Waals surface area contributed by atoms with Crippen LogP contribution in [0.4, 0.5) is 0 Å². The van der Waals surface area contributed by atoms with Gasteiger partial charge in [-0.2, -0.15) is 0 Å². The number of aromatic nitrogens is 2. The maximum absolute atomic E-state index is 6.62. The van der Waals surface area contributed by atoms with Crippen molar-refractivity contribution in [3.05, 3.63) is 126 Å². The van der Waals surface area contributed by atoms with Crippen molar-refractivity contribution in [2.45, 2.75) is 58.9 Å². The van der Waals surface area contributed by atoms with Gasteiger partial charge in [0.15, 0.2) is 0 Å². The first-order valence-electron chi connectivity index (χ1n) is 16.1. The smallest absolute Gasteiger partial charge is 0.327 e. The normalized spacial score (nSPS) is 17.4. The summed E-state index contributed by atoms with van der Waals surface area (Å²) in [6.45, 7) is 14.0. The van der Waals surface area contributed by atoms with Gasteiger partial charge in [-0.1, -0.05) is 113 Å². The zero-order chi connectivity index (χ0) is 31.1. The Bertz CT molecular complexity index is 2070. The number of fused-ring (bicyclic) bond motifs is 4. The van der Waals surface area contributed by atoms with Gasteiger partial charge in [0.1, 0.15) is 5.82 Å². The molecule has 0 amide bonds. The lowest BCUT2D eigenvalue weighted by molar-refractivity contribution is 0.0375. The van der Waals surface area contributed by atoms with E-state index in [4.69, 9.17) is 9.64 Å². The van der Waals surface area contributed by atoms with Gasteiger partial charge < -0.3 is 4.65 Å². The molecule has 1 aromatic heterocycles. The Kier molecular flexibility index (Phi) is 6.12. The molecule has 0 radical (unpaired) electrons. The molecule has 0 atom stereocenters. The fourth-order valence-electron chi connectivity index (χ4n) is 7.46. The van der Waals surface area contributed by atoms with Crippen LogP contribution in [0, 0.1) is 5.41 Å². The molecule has 8 rings (SSSR count). The lowest BCUT2D eigenvalue weighted by Crippen LogP contribution is -2.36. The van der Waals surface area contributed by atoms with Gasteiger partial charge in [-0.3, -0.25) is 4.57 Å². The van der Waals surface area contributed by atoms with E-state index in [0.717, 1.165) is 34.4 Å². The summed E-state index contributed by atoms with van der Waals surface area (Å²) in [7, 11) is 0. The minimum atomic E-state index is -0.145. The summed E-state index contributed by atoms with van der Waals surface area (Å²) in [5.74, 6) is 0.952. The van der Waals surface area contributed by atoms with Crippen LogP contribution >= 0.6 is 0 Å². The second-order valence-electron chi connectivity index (χ2n) is 14.6. The van der Waals surface area contributed by atoms with E-state index in [0.29, 0.717) is 0 Å². The summed E-state index contributed by atoms with van der Waals surface area (Å²) >= 11 is 0. The Morgan fingerprint density at radius 3 is 1.98 bits per heavy atom. The predicted octanol–water partition coefficient (Wildman–Crippen LogP) is 9.70. The summed E-state index contributed by atoms with van der Waals surface area (Å²) in [5, 5.41) is 0. The second-order valence-corrected chi connectivity index (χ2v) is 14.6. The standard InChI is InChI=1S/C41H39BN2O/c1-39(2)26-42(45-41(39,5)6)30-21-23-33-32-22-20-29(24-34(32)40(3,4)35(33)25-30)27-16-18-28(19-17-27)38-43-36-14-10-11-15-37(36)44(38)31-12-8-7-9-13-31/h7-25H,26H2,1-6H3. The lowest BCUT2D eigenvalue weighted by Gasteiger charge is -2.34. The third kappa shape index (κ3) is 4.34. The molecule has 3 nitrogen and oxygen atoms in total. The Hall–Kier alpha value is -4.41. The monoisotopic (exact) mass is 586 g/mol. The van der Waals surface area contributed by atoms with Gasteiger partial charge in [0.05, 0.1) is 16.6 Å². The minimum Gasteiger partial charge on any atom is -0.426 e. The van der Waals surface area contributed by atoms with Crippen LogP contribution in [0.2, 0.25) is 6.32 Å². The van der Waals surface area contributed by atoms with Gasteiger partial charge in [0.25, 0.3) is 0 Å². The molecule has 45 heavy (non-hydrogen) atoms. The molecule has 6 aromatic rings. The summed E-state index contributed by atoms with van der Waals surface area (Å²) < 4.78 is 8.87. The molecule has 1 saturated heterocycles. The van der Waals surface area contributed by atoms with Crippen molar-refractivity contribution in [1.29, 1.82) is 0 Å². The number of para-hydroxylation sites is 3. The first kappa shape index (κ1) is 28.1. The van der Waals surface area contributed by atoms with E-state index in [1.54, 1.807) is 0 Å². The molecule has 5 aromatic carbocycles. The number of hydrogen-bond acceptors (Lipinski definition) is 2. The van der Waals surface area contributed by atoms with E-state index in [2.05, 4.69) is 161 Å². The van der Waals surface area contributed by atoms with Crippen LogP contribution in [0.1, 0.15) is 52.7 Å². The molecule has 222 valence electrons. The zero-order valence-corrected chi connectivity index (χ0v) is 27.1. The fraction of sp³-hybridized carbons (Fsp3) is 0.244. The van der Waals surface area contributed by atoms with Gasteiger partial charge in [-0.25, -0.2) is 4.98 Å². The van der Waals surface area contributed by atoms with Crippen molar-refractivity contribution in [3.8, 4) is 39.3 Å². The summed E-state index contributed by atoms with van der Waals surface area (Å²) in [4.78, 5) is 5.06. The average Bonchev–Trinajstić information content (AvgIpc) is 3.61. The van der Waals surface area contributed by atoms with Crippen LogP contribution in [0.5, 0.6) is 0 Å². The highest BCUT2D eigenvalue weighted by Gasteiger charge is 2.50. The Morgan fingerprint density at radius 2 is 1.27 bits per heavy atom. The number of imidazole rings is 1. The van der Waals surface area contributed by atoms with Gasteiger partial charge >= 0.3 is 6.92 Å². The summed E-state index contributed by atoms with van der Waals surface area (Å²) in [6.07, 6.45) is 1.04. The van der Waals surface area contributed by atoms with E-state index in [1.165, 1.54) is 38.8 Å². The number of nitrogens with zero attached hydrogens (tertiary/aromatic N) is 2. The van der Waals surface area contributed by atoms with Crippen LogP contribution in [0.3, 0.4) is 0 Å². The van der Waals surface area contributed by atoms with Gasteiger partial charge in [-0.05, 0) is 94.8 Å². The molecule has 1 aliphatic carbocycles. The summed E-state index contributed by atoms with van der Waals surface area (Å²) in [6, 6.07) is 41.8. The SMILES string of the molecule is CC1(C)c2cc(B3CC(C)(C)C(C)(C)O3)ccc2-c2ccc(-c3ccc(-c4nc5ccccc5n4-c4ccccc4)cc3)cc21. The zero-order valence-electron chi connectivity index (χ0n) is 27.1. The molecule has 0 N–H and O–H groups in total. The van der Waals surface area contributed by atoms with Crippen molar-refractivity contribution in [2.75, 3.05) is 0 Å². The van der Waals surface area contributed by atoms with Crippen molar-refractivity contribution in [2.24, 2.45) is 5.41 Å². The van der Waals surface area contributed by atoms with Crippen LogP contribution in [0.25, 0.3) is 50.4 Å². The maximum Gasteiger partial charge on any atom is 0.327 e. The van der Waals surface area contributed by atoms with Crippen LogP contribution in [0.15, 0.2) is 115 Å². The number of rotatable bonds is 4. The molecule has 1 fully saturated rings. The second kappa shape index (κ2) is 9.80. The Morgan fingerprint density at radius 1 is 0.644 bits per heavy atom. The molecule has 2 heterocycles. The molecule has 2 aliphatic rings. The van der Waals surface area contributed by atoms with E-state index in [1.807, 2.05) is 0 Å². The first-order chi connectivity index (χ1) is 21.5. The molecule has 0 bridgehead atoms. The van der Waals surface area contributed by atoms with E-state index in [9.17, 15) is 0 Å². The predicted molar refractivity (Wildman–Crippen MR) is 189 cm³/mol. The van der Waals surface area contributed by atoms with Crippen LogP contribution in [-0.4, -0.2) is 22.1 Å². The molecule has 0 saturated carbocycles. The molecule has 1 aliphatic heterocycles. The average molecular weight is 587 g/mol. The van der Waals surface area contributed by atoms with Gasteiger partial charge in [-0.15, -0.1) is 0 Å². The van der Waals surface area contributed by atoms with Crippen molar-refractivity contribution in [3.63, 3.8) is 0 Å². The van der Waals surface area contributed by atoms with Gasteiger partial charge in [0, 0.05) is 16.7 Å². The third-order valence-corrected chi connectivity index (χ3v) is 10.9. The highest BCUT2D eigenvalue weighted by molar-refractivity contribution is 6.68. The van der Waals surface area contributed by atoms with Crippen molar-refractivity contribution >= 4 is 23.4 Å². The molecule has 4 heteroatoms. The number of hydrogen-bond donors (Lipinski definition) is 0. The molecular formula is C41H39BN2O. The maximum atomic E-state index is 6.62. The van der Waals surface area contributed by atoms with Crippen molar-refractivity contribution in [1.82, 2.24) is 9.55 Å². The van der Waals surface area contributed by atoms with E-state index >= 15 is 0 Å². The topological polar surface area (TPSA) is 27.1 Å². The first-order valence-corrected chi connectivity index (χ1v) is 16.1. The fourth-order valence-corrected chi connectivity index (χ4v) is 7.46. The molecule has 0 unspecified atom stereocenters. The quantitative estimate of drug-likeness (QED) is 0.192. The Balaban J connectivity index is 1.13. The molecular weight excluding hydrogens is 547 g/mol. The van der Waals surface area contributed by atoms with Crippen molar-refractivity contribution < 1.29 is 4.65 Å². The van der Waals surface area contributed by atoms with Crippen LogP contribution in [-0.2, 0) is 10.1 Å². The van der Waals surface area contributed by atoms with Gasteiger partial charge in [0.2, 0.25) is 0 Å². The Labute approximate surface area is 267 Å². The van der Waals surface area contributed by atoms with Crippen LogP contribution < -0.4 is 5.46 Å². The highest BCUT2D eigenvalue weighted by atomic mass is 16.5. The summed E-state index contributed by atoms with van der Waals surface area (Å²) in [5.41, 5.74) is 13.4. The van der Waals surface area contributed by atoms with E-state index < -0.39 is 0 Å². The molecule has 0 spiro atoms. The highest BCUT2D eigenvalue weighted by Crippen LogP contribution is 2.50. The number of benzene rings is 5. The largest absolute Gasteiger partial charge is 0.426 e. The third-order valence-electron chi connectivity index (χ3n) is 10.9. The van der Waals surface area contributed by atoms with E-state index in [-0.39, 0.29) is 23.3 Å². The minimum absolute atomic E-state index is 0.0964.